The Morgan fingerprint density at radius 3 is 2.89 bits per heavy atom. The molecule has 2 rings (SSSR count). The molecule has 0 spiro atoms. The van der Waals surface area contributed by atoms with Crippen LogP contribution < -0.4 is 10.1 Å². The van der Waals surface area contributed by atoms with E-state index < -0.39 is 0 Å². The maximum absolute atomic E-state index is 9.83. The van der Waals surface area contributed by atoms with E-state index in [0.29, 0.717) is 6.61 Å². The van der Waals surface area contributed by atoms with Gasteiger partial charge in [0, 0.05) is 25.8 Å². The number of aliphatic hydroxyl groups excluding tert-OH is 1. The molecule has 2 N–H and O–H groups in total. The van der Waals surface area contributed by atoms with Gasteiger partial charge >= 0.3 is 0 Å². The number of hydrogen-bond acceptors (Lipinski definition) is 4. The predicted molar refractivity (Wildman–Crippen MR) is 74.3 cm³/mol. The molecule has 1 aromatic carbocycles. The van der Waals surface area contributed by atoms with E-state index in [9.17, 15) is 5.11 Å². The van der Waals surface area contributed by atoms with Crippen LogP contribution in [-0.2, 0) is 11.3 Å². The van der Waals surface area contributed by atoms with Gasteiger partial charge in [-0.05, 0) is 25.3 Å². The van der Waals surface area contributed by atoms with Crippen LogP contribution in [0.15, 0.2) is 24.3 Å². The molecule has 0 aliphatic heterocycles. The summed E-state index contributed by atoms with van der Waals surface area (Å²) in [5.41, 5.74) is 1.12. The molecule has 0 bridgehead atoms. The molecule has 0 heterocycles. The molecule has 0 amide bonds. The van der Waals surface area contributed by atoms with Crippen LogP contribution in [0.25, 0.3) is 0 Å². The molecular weight excluding hydrogens is 242 g/mol. The van der Waals surface area contributed by atoms with E-state index in [0.717, 1.165) is 43.7 Å². The average Bonchev–Trinajstić information content (AvgIpc) is 2.82. The highest BCUT2D eigenvalue weighted by Crippen LogP contribution is 2.26. The van der Waals surface area contributed by atoms with Crippen LogP contribution in [0.4, 0.5) is 0 Å². The molecule has 1 aliphatic carbocycles. The number of para-hydroxylation sites is 1. The Morgan fingerprint density at radius 1 is 1.32 bits per heavy atom. The van der Waals surface area contributed by atoms with Gasteiger partial charge in [0.15, 0.2) is 0 Å². The number of aliphatic hydroxyl groups is 1. The molecule has 2 unspecified atom stereocenters. The molecule has 0 saturated heterocycles. The van der Waals surface area contributed by atoms with Gasteiger partial charge in [0.25, 0.3) is 0 Å². The van der Waals surface area contributed by atoms with Crippen molar-refractivity contribution in [3.63, 3.8) is 0 Å². The summed E-state index contributed by atoms with van der Waals surface area (Å²) in [6, 6.07) is 8.00. The number of ether oxygens (including phenoxy) is 2. The van der Waals surface area contributed by atoms with Crippen molar-refractivity contribution in [1.29, 1.82) is 0 Å². The Labute approximate surface area is 114 Å². The zero-order valence-corrected chi connectivity index (χ0v) is 11.5. The highest BCUT2D eigenvalue weighted by atomic mass is 16.5. The van der Waals surface area contributed by atoms with E-state index >= 15 is 0 Å². The molecule has 19 heavy (non-hydrogen) atoms. The molecule has 2 atom stereocenters. The number of nitrogens with one attached hydrogen (secondary N) is 1. The van der Waals surface area contributed by atoms with E-state index in [4.69, 9.17) is 9.47 Å². The van der Waals surface area contributed by atoms with Crippen molar-refractivity contribution in [3.05, 3.63) is 29.8 Å². The van der Waals surface area contributed by atoms with Crippen molar-refractivity contribution in [2.75, 3.05) is 20.3 Å². The minimum atomic E-state index is -0.325. The maximum atomic E-state index is 9.83. The van der Waals surface area contributed by atoms with E-state index in [1.807, 2.05) is 18.2 Å². The molecule has 1 aliphatic rings. The number of rotatable bonds is 7. The van der Waals surface area contributed by atoms with Crippen LogP contribution in [-0.4, -0.2) is 37.6 Å². The summed E-state index contributed by atoms with van der Waals surface area (Å²) in [5, 5.41) is 13.1. The molecule has 1 fully saturated rings. The number of benzene rings is 1. The topological polar surface area (TPSA) is 50.7 Å². The van der Waals surface area contributed by atoms with Crippen LogP contribution in [0.1, 0.15) is 24.8 Å². The van der Waals surface area contributed by atoms with Gasteiger partial charge in [0.1, 0.15) is 11.9 Å². The van der Waals surface area contributed by atoms with E-state index in [2.05, 4.69) is 11.4 Å². The van der Waals surface area contributed by atoms with Gasteiger partial charge in [0.05, 0.1) is 12.7 Å². The largest absolute Gasteiger partial charge is 0.487 e. The molecule has 4 nitrogen and oxygen atoms in total. The van der Waals surface area contributed by atoms with Crippen molar-refractivity contribution >= 4 is 0 Å². The fourth-order valence-electron chi connectivity index (χ4n) is 2.37. The van der Waals surface area contributed by atoms with Gasteiger partial charge in [-0.3, -0.25) is 0 Å². The van der Waals surface area contributed by atoms with Gasteiger partial charge in [0.2, 0.25) is 0 Å². The Kier molecular flexibility index (Phi) is 5.63. The summed E-state index contributed by atoms with van der Waals surface area (Å²) in [6.45, 7) is 2.27. The first kappa shape index (κ1) is 14.3. The van der Waals surface area contributed by atoms with E-state index in [-0.39, 0.29) is 12.2 Å². The second-order valence-corrected chi connectivity index (χ2v) is 4.93. The van der Waals surface area contributed by atoms with Crippen molar-refractivity contribution in [3.8, 4) is 5.75 Å². The SMILES string of the molecule is COCCNCc1ccccc1OC1CCCC1O. The first-order valence-corrected chi connectivity index (χ1v) is 6.93. The monoisotopic (exact) mass is 265 g/mol. The third kappa shape index (κ3) is 4.20. The zero-order valence-electron chi connectivity index (χ0n) is 11.5. The Balaban J connectivity index is 1.91. The lowest BCUT2D eigenvalue weighted by molar-refractivity contribution is 0.0597. The third-order valence-electron chi connectivity index (χ3n) is 3.47. The third-order valence-corrected chi connectivity index (χ3v) is 3.47. The molecular formula is C15H23NO3. The lowest BCUT2D eigenvalue weighted by Crippen LogP contribution is -2.26. The fourth-order valence-corrected chi connectivity index (χ4v) is 2.37. The van der Waals surface area contributed by atoms with Crippen molar-refractivity contribution < 1.29 is 14.6 Å². The summed E-state index contributed by atoms with van der Waals surface area (Å²) < 4.78 is 11.0. The smallest absolute Gasteiger partial charge is 0.124 e. The van der Waals surface area contributed by atoms with Crippen LogP contribution in [0.2, 0.25) is 0 Å². The van der Waals surface area contributed by atoms with Crippen molar-refractivity contribution in [2.45, 2.75) is 38.0 Å². The van der Waals surface area contributed by atoms with Gasteiger partial charge in [-0.25, -0.2) is 0 Å². The van der Waals surface area contributed by atoms with Crippen LogP contribution in [0.3, 0.4) is 0 Å². The highest BCUT2D eigenvalue weighted by Gasteiger charge is 2.27. The van der Waals surface area contributed by atoms with Gasteiger partial charge in [-0.15, -0.1) is 0 Å². The highest BCUT2D eigenvalue weighted by molar-refractivity contribution is 5.33. The lowest BCUT2D eigenvalue weighted by atomic mass is 10.2. The zero-order chi connectivity index (χ0) is 13.5. The van der Waals surface area contributed by atoms with E-state index in [1.54, 1.807) is 7.11 Å². The van der Waals surface area contributed by atoms with Crippen LogP contribution in [0, 0.1) is 0 Å². The molecule has 106 valence electrons. The summed E-state index contributed by atoms with van der Waals surface area (Å²) >= 11 is 0. The first-order valence-electron chi connectivity index (χ1n) is 6.93. The number of hydrogen-bond donors (Lipinski definition) is 2. The number of methoxy groups -OCH3 is 1. The summed E-state index contributed by atoms with van der Waals surface area (Å²) in [6.07, 6.45) is 2.45. The molecule has 1 aromatic rings. The minimum Gasteiger partial charge on any atom is -0.487 e. The Bertz CT molecular complexity index is 383. The quantitative estimate of drug-likeness (QED) is 0.737. The standard InChI is InChI=1S/C15H23NO3/c1-18-10-9-16-11-12-5-2-3-7-14(12)19-15-8-4-6-13(15)17/h2-3,5,7,13,15-17H,4,6,8-11H2,1H3. The fraction of sp³-hybridized carbons (Fsp3) is 0.600. The first-order chi connectivity index (χ1) is 9.31. The summed E-state index contributed by atoms with van der Waals surface area (Å²) in [4.78, 5) is 0. The van der Waals surface area contributed by atoms with E-state index in [1.165, 1.54) is 0 Å². The minimum absolute atomic E-state index is 0.0554. The Hall–Kier alpha value is -1.10. The van der Waals surface area contributed by atoms with Crippen LogP contribution in [0.5, 0.6) is 5.75 Å². The summed E-state index contributed by atoms with van der Waals surface area (Å²) in [5.74, 6) is 0.873. The van der Waals surface area contributed by atoms with Gasteiger partial charge in [-0.2, -0.15) is 0 Å². The second kappa shape index (κ2) is 7.48. The predicted octanol–water partition coefficient (Wildman–Crippen LogP) is 1.71. The summed E-state index contributed by atoms with van der Waals surface area (Å²) in [7, 11) is 1.69. The molecule has 0 aromatic heterocycles. The molecule has 4 heteroatoms. The Morgan fingerprint density at radius 2 is 2.16 bits per heavy atom. The lowest BCUT2D eigenvalue weighted by Gasteiger charge is -2.19. The van der Waals surface area contributed by atoms with Crippen molar-refractivity contribution in [1.82, 2.24) is 5.32 Å². The normalized spacial score (nSPS) is 22.6. The second-order valence-electron chi connectivity index (χ2n) is 4.93. The van der Waals surface area contributed by atoms with Gasteiger partial charge in [-0.1, -0.05) is 18.2 Å². The maximum Gasteiger partial charge on any atom is 0.124 e. The molecule has 0 radical (unpaired) electrons. The molecule has 1 saturated carbocycles. The van der Waals surface area contributed by atoms with Gasteiger partial charge < -0.3 is 19.9 Å². The van der Waals surface area contributed by atoms with Crippen LogP contribution >= 0.6 is 0 Å². The average molecular weight is 265 g/mol. The van der Waals surface area contributed by atoms with Crippen molar-refractivity contribution in [2.24, 2.45) is 0 Å².